The minimum absolute atomic E-state index is 0.0753. The molecule has 1 heterocycles. The van der Waals surface area contributed by atoms with Gasteiger partial charge >= 0.3 is 0 Å². The van der Waals surface area contributed by atoms with Crippen LogP contribution in [0.3, 0.4) is 0 Å². The molecule has 118 valence electrons. The maximum Gasteiger partial charge on any atom is 0.224 e. The summed E-state index contributed by atoms with van der Waals surface area (Å²) >= 11 is 1.64. The predicted molar refractivity (Wildman–Crippen MR) is 98.1 cm³/mol. The fourth-order valence-electron chi connectivity index (χ4n) is 2.74. The molecule has 0 saturated heterocycles. The zero-order valence-corrected chi connectivity index (χ0v) is 14.0. The lowest BCUT2D eigenvalue weighted by molar-refractivity contribution is -0.116. The van der Waals surface area contributed by atoms with Crippen LogP contribution in [0.4, 0.5) is 5.69 Å². The van der Waals surface area contributed by atoms with E-state index in [1.807, 2.05) is 48.9 Å². The van der Waals surface area contributed by atoms with E-state index >= 15 is 0 Å². The number of benzene rings is 2. The summed E-state index contributed by atoms with van der Waals surface area (Å²) in [5.41, 5.74) is 3.33. The Morgan fingerprint density at radius 1 is 1.13 bits per heavy atom. The van der Waals surface area contributed by atoms with Gasteiger partial charge in [-0.2, -0.15) is 0 Å². The van der Waals surface area contributed by atoms with Crippen molar-refractivity contribution < 1.29 is 4.79 Å². The number of carbonyl (C=O) groups is 1. The molecule has 1 aromatic heterocycles. The molecule has 4 heteroatoms. The third-order valence-corrected chi connectivity index (χ3v) is 4.70. The number of thioether (sulfide) groups is 1. The van der Waals surface area contributed by atoms with Crippen molar-refractivity contribution in [2.24, 2.45) is 0 Å². The quantitative estimate of drug-likeness (QED) is 0.637. The van der Waals surface area contributed by atoms with Crippen molar-refractivity contribution in [3.63, 3.8) is 0 Å². The smallest absolute Gasteiger partial charge is 0.224 e. The number of anilines is 1. The third kappa shape index (κ3) is 3.77. The van der Waals surface area contributed by atoms with Crippen molar-refractivity contribution in [2.45, 2.75) is 24.2 Å². The minimum Gasteiger partial charge on any atom is -0.361 e. The molecular formula is C19H20N2OS. The average Bonchev–Trinajstić information content (AvgIpc) is 2.99. The number of rotatable bonds is 6. The third-order valence-electron chi connectivity index (χ3n) is 3.91. The van der Waals surface area contributed by atoms with Gasteiger partial charge in [-0.3, -0.25) is 4.79 Å². The second-order valence-electron chi connectivity index (χ2n) is 5.46. The number of fused-ring (bicyclic) bond motifs is 1. The average molecular weight is 324 g/mol. The molecule has 3 rings (SSSR count). The van der Waals surface area contributed by atoms with E-state index in [2.05, 4.69) is 22.4 Å². The Hall–Kier alpha value is -2.20. The number of H-pyrrole nitrogens is 1. The predicted octanol–water partition coefficient (Wildman–Crippen LogP) is 4.85. The summed E-state index contributed by atoms with van der Waals surface area (Å²) in [5.74, 6) is 0.0753. The highest BCUT2D eigenvalue weighted by molar-refractivity contribution is 7.98. The number of hydrogen-bond donors (Lipinski definition) is 2. The molecule has 3 aromatic rings. The molecule has 0 bridgehead atoms. The molecule has 0 spiro atoms. The Kier molecular flexibility index (Phi) is 5.03. The van der Waals surface area contributed by atoms with Gasteiger partial charge in [0.25, 0.3) is 0 Å². The fourth-order valence-corrected chi connectivity index (χ4v) is 3.29. The maximum absolute atomic E-state index is 12.1. The van der Waals surface area contributed by atoms with Gasteiger partial charge < -0.3 is 10.3 Å². The SMILES string of the molecule is CSc1ccccc1NC(=O)CCCc1c[nH]c2ccccc12. The first kappa shape index (κ1) is 15.7. The second kappa shape index (κ2) is 7.38. The monoisotopic (exact) mass is 324 g/mol. The minimum atomic E-state index is 0.0753. The molecule has 0 saturated carbocycles. The number of aryl methyl sites for hydroxylation is 1. The Labute approximate surface area is 140 Å². The molecule has 0 atom stereocenters. The van der Waals surface area contributed by atoms with Gasteiger partial charge in [0.2, 0.25) is 5.91 Å². The van der Waals surface area contributed by atoms with Crippen molar-refractivity contribution >= 4 is 34.3 Å². The summed E-state index contributed by atoms with van der Waals surface area (Å²) in [5, 5.41) is 4.26. The summed E-state index contributed by atoms with van der Waals surface area (Å²) in [7, 11) is 0. The van der Waals surface area contributed by atoms with Crippen molar-refractivity contribution in [3.05, 3.63) is 60.3 Å². The summed E-state index contributed by atoms with van der Waals surface area (Å²) < 4.78 is 0. The number of amides is 1. The van der Waals surface area contributed by atoms with E-state index < -0.39 is 0 Å². The molecule has 0 radical (unpaired) electrons. The Balaban J connectivity index is 1.55. The van der Waals surface area contributed by atoms with Gasteiger partial charge in [0.15, 0.2) is 0 Å². The topological polar surface area (TPSA) is 44.9 Å². The zero-order valence-electron chi connectivity index (χ0n) is 13.1. The van der Waals surface area contributed by atoms with Crippen molar-refractivity contribution in [1.29, 1.82) is 0 Å². The Morgan fingerprint density at radius 2 is 1.91 bits per heavy atom. The lowest BCUT2D eigenvalue weighted by atomic mass is 10.1. The van der Waals surface area contributed by atoms with Gasteiger partial charge in [-0.25, -0.2) is 0 Å². The molecule has 23 heavy (non-hydrogen) atoms. The lowest BCUT2D eigenvalue weighted by Gasteiger charge is -2.09. The van der Waals surface area contributed by atoms with Crippen LogP contribution in [0.25, 0.3) is 10.9 Å². The van der Waals surface area contributed by atoms with Crippen molar-refractivity contribution in [2.75, 3.05) is 11.6 Å². The van der Waals surface area contributed by atoms with Gasteiger partial charge in [-0.15, -0.1) is 11.8 Å². The van der Waals surface area contributed by atoms with E-state index in [4.69, 9.17) is 0 Å². The summed E-state index contributed by atoms with van der Waals surface area (Å²) in [6.45, 7) is 0. The lowest BCUT2D eigenvalue weighted by Crippen LogP contribution is -2.12. The molecule has 3 nitrogen and oxygen atoms in total. The molecule has 2 N–H and O–H groups in total. The highest BCUT2D eigenvalue weighted by Gasteiger charge is 2.07. The van der Waals surface area contributed by atoms with Crippen LogP contribution < -0.4 is 5.32 Å². The first-order chi connectivity index (χ1) is 11.3. The number of carbonyl (C=O) groups excluding carboxylic acids is 1. The van der Waals surface area contributed by atoms with Gasteiger partial charge in [-0.1, -0.05) is 30.3 Å². The summed E-state index contributed by atoms with van der Waals surface area (Å²) in [4.78, 5) is 16.5. The van der Waals surface area contributed by atoms with Crippen LogP contribution in [-0.2, 0) is 11.2 Å². The van der Waals surface area contributed by atoms with Gasteiger partial charge in [0.1, 0.15) is 0 Å². The number of aromatic nitrogens is 1. The molecule has 2 aromatic carbocycles. The molecule has 0 aliphatic heterocycles. The number of nitrogens with one attached hydrogen (secondary N) is 2. The number of aromatic amines is 1. The maximum atomic E-state index is 12.1. The van der Waals surface area contributed by atoms with E-state index in [-0.39, 0.29) is 5.91 Å². The van der Waals surface area contributed by atoms with Crippen LogP contribution in [0.5, 0.6) is 0 Å². The Morgan fingerprint density at radius 3 is 2.78 bits per heavy atom. The second-order valence-corrected chi connectivity index (χ2v) is 6.31. The molecule has 0 aliphatic rings. The van der Waals surface area contributed by atoms with Gasteiger partial charge in [0.05, 0.1) is 5.69 Å². The van der Waals surface area contributed by atoms with E-state index in [1.165, 1.54) is 10.9 Å². The largest absolute Gasteiger partial charge is 0.361 e. The standard InChI is InChI=1S/C19H20N2OS/c1-23-18-11-5-4-10-17(18)21-19(22)12-6-7-14-13-20-16-9-3-2-8-15(14)16/h2-5,8-11,13,20H,6-7,12H2,1H3,(H,21,22). The van der Waals surface area contributed by atoms with Crippen LogP contribution in [0.15, 0.2) is 59.6 Å². The van der Waals surface area contributed by atoms with E-state index in [0.717, 1.165) is 28.9 Å². The van der Waals surface area contributed by atoms with Crippen LogP contribution in [0.1, 0.15) is 18.4 Å². The highest BCUT2D eigenvalue weighted by Crippen LogP contribution is 2.25. The van der Waals surface area contributed by atoms with E-state index in [1.54, 1.807) is 11.8 Å². The van der Waals surface area contributed by atoms with Gasteiger partial charge in [0, 0.05) is 28.4 Å². The van der Waals surface area contributed by atoms with Crippen LogP contribution in [0, 0.1) is 0 Å². The Bertz CT molecular complexity index is 810. The number of para-hydroxylation sites is 2. The normalized spacial score (nSPS) is 10.8. The fraction of sp³-hybridized carbons (Fsp3) is 0.211. The van der Waals surface area contributed by atoms with Gasteiger partial charge in [-0.05, 0) is 42.9 Å². The first-order valence-electron chi connectivity index (χ1n) is 7.76. The first-order valence-corrected chi connectivity index (χ1v) is 8.98. The van der Waals surface area contributed by atoms with Crippen molar-refractivity contribution in [3.8, 4) is 0 Å². The molecule has 0 unspecified atom stereocenters. The molecule has 0 fully saturated rings. The number of hydrogen-bond acceptors (Lipinski definition) is 2. The van der Waals surface area contributed by atoms with Crippen LogP contribution in [0.2, 0.25) is 0 Å². The molecule has 1 amide bonds. The van der Waals surface area contributed by atoms with E-state index in [0.29, 0.717) is 6.42 Å². The summed E-state index contributed by atoms with van der Waals surface area (Å²) in [6.07, 6.45) is 6.34. The highest BCUT2D eigenvalue weighted by atomic mass is 32.2. The van der Waals surface area contributed by atoms with Crippen molar-refractivity contribution in [1.82, 2.24) is 4.98 Å². The van der Waals surface area contributed by atoms with E-state index in [9.17, 15) is 4.79 Å². The zero-order chi connectivity index (χ0) is 16.1. The molecular weight excluding hydrogens is 304 g/mol. The molecule has 0 aliphatic carbocycles. The van der Waals surface area contributed by atoms with Crippen LogP contribution >= 0.6 is 11.8 Å². The summed E-state index contributed by atoms with van der Waals surface area (Å²) in [6, 6.07) is 16.2. The van der Waals surface area contributed by atoms with Crippen LogP contribution in [-0.4, -0.2) is 17.1 Å².